The second kappa shape index (κ2) is 3.62. The molecule has 0 aromatic carbocycles. The van der Waals surface area contributed by atoms with Crippen molar-refractivity contribution in [2.75, 3.05) is 6.61 Å². The van der Waals surface area contributed by atoms with Gasteiger partial charge in [-0.3, -0.25) is 0 Å². The minimum absolute atomic E-state index is 0.420. The van der Waals surface area contributed by atoms with Gasteiger partial charge in [-0.1, -0.05) is 12.2 Å². The number of hydrogen-bond acceptors (Lipinski definition) is 2. The molecule has 13 heavy (non-hydrogen) atoms. The van der Waals surface area contributed by atoms with E-state index in [1.807, 2.05) is 0 Å². The van der Waals surface area contributed by atoms with Gasteiger partial charge in [-0.05, 0) is 38.0 Å². The molecule has 1 unspecified atom stereocenters. The Hall–Kier alpha value is -0.630. The third-order valence-corrected chi connectivity index (χ3v) is 3.09. The van der Waals surface area contributed by atoms with E-state index in [0.29, 0.717) is 5.92 Å². The van der Waals surface area contributed by atoms with Crippen LogP contribution in [0.3, 0.4) is 0 Å². The van der Waals surface area contributed by atoms with Crippen LogP contribution >= 0.6 is 0 Å². The van der Waals surface area contributed by atoms with Crippen LogP contribution in [0, 0.1) is 5.92 Å². The summed E-state index contributed by atoms with van der Waals surface area (Å²) in [5.74, 6) is 0.642. The average Bonchev–Trinajstić information content (AvgIpc) is 2.77. The van der Waals surface area contributed by atoms with E-state index in [-0.39, 0.29) is 0 Å². The highest BCUT2D eigenvalue weighted by Gasteiger charge is 2.37. The highest BCUT2D eigenvalue weighted by atomic mass is 16.5. The molecule has 1 fully saturated rings. The summed E-state index contributed by atoms with van der Waals surface area (Å²) < 4.78 is 5.56. The Kier molecular flexibility index (Phi) is 2.49. The Morgan fingerprint density at radius 2 is 2.23 bits per heavy atom. The van der Waals surface area contributed by atoms with Gasteiger partial charge >= 0.3 is 0 Å². The third kappa shape index (κ3) is 1.83. The Labute approximate surface area is 79.0 Å². The zero-order valence-electron chi connectivity index (χ0n) is 7.87. The van der Waals surface area contributed by atoms with Crippen LogP contribution in [0.4, 0.5) is 0 Å². The monoisotopic (exact) mass is 180 g/mol. The van der Waals surface area contributed by atoms with E-state index in [1.165, 1.54) is 0 Å². The molecular formula is C11H16O2. The number of carbonyl (C=O) groups is 1. The maximum Gasteiger partial charge on any atom is 0.151 e. The van der Waals surface area contributed by atoms with Crippen molar-refractivity contribution in [1.29, 1.82) is 0 Å². The number of rotatable bonds is 3. The van der Waals surface area contributed by atoms with Crippen molar-refractivity contribution in [2.45, 2.75) is 37.7 Å². The zero-order chi connectivity index (χ0) is 9.15. The van der Waals surface area contributed by atoms with Crippen LogP contribution in [0.5, 0.6) is 0 Å². The van der Waals surface area contributed by atoms with Crippen molar-refractivity contribution in [3.63, 3.8) is 0 Å². The molecule has 0 aromatic rings. The first-order chi connectivity index (χ1) is 6.35. The molecule has 0 amide bonds. The van der Waals surface area contributed by atoms with Crippen LogP contribution in [0.15, 0.2) is 12.2 Å². The maximum absolute atomic E-state index is 11.0. The van der Waals surface area contributed by atoms with Crippen molar-refractivity contribution < 1.29 is 9.53 Å². The normalized spacial score (nSPS) is 34.2. The lowest BCUT2D eigenvalue weighted by Gasteiger charge is -2.24. The topological polar surface area (TPSA) is 26.3 Å². The van der Waals surface area contributed by atoms with Crippen LogP contribution in [0.25, 0.3) is 0 Å². The summed E-state index contributed by atoms with van der Waals surface area (Å²) in [6.45, 7) is 0.763. The molecule has 72 valence electrons. The van der Waals surface area contributed by atoms with Gasteiger partial charge in [-0.15, -0.1) is 0 Å². The summed E-state index contributed by atoms with van der Waals surface area (Å²) in [5.41, 5.74) is -0.420. The third-order valence-electron chi connectivity index (χ3n) is 3.09. The molecule has 0 N–H and O–H groups in total. The van der Waals surface area contributed by atoms with Crippen LogP contribution in [-0.2, 0) is 9.53 Å². The minimum Gasteiger partial charge on any atom is -0.368 e. The molecule has 1 atom stereocenters. The van der Waals surface area contributed by atoms with E-state index < -0.39 is 5.60 Å². The van der Waals surface area contributed by atoms with Crippen molar-refractivity contribution in [3.8, 4) is 0 Å². The fraction of sp³-hybridized carbons (Fsp3) is 0.727. The molecule has 2 nitrogen and oxygen atoms in total. The summed E-state index contributed by atoms with van der Waals surface area (Å²) in [6.07, 6.45) is 10.6. The number of ether oxygens (including phenoxy) is 1. The van der Waals surface area contributed by atoms with Crippen molar-refractivity contribution in [2.24, 2.45) is 5.92 Å². The Balaban J connectivity index is 1.93. The molecule has 0 aromatic heterocycles. The van der Waals surface area contributed by atoms with E-state index in [9.17, 15) is 4.79 Å². The first-order valence-electron chi connectivity index (χ1n) is 5.10. The first-order valence-corrected chi connectivity index (χ1v) is 5.10. The molecule has 2 heteroatoms. The molecule has 0 spiro atoms. The van der Waals surface area contributed by atoms with Gasteiger partial charge in [-0.25, -0.2) is 0 Å². The number of aldehydes is 1. The maximum atomic E-state index is 11.0. The van der Waals surface area contributed by atoms with Gasteiger partial charge in [-0.2, -0.15) is 0 Å². The molecule has 2 rings (SSSR count). The predicted molar refractivity (Wildman–Crippen MR) is 50.5 cm³/mol. The second-order valence-corrected chi connectivity index (χ2v) is 4.15. The van der Waals surface area contributed by atoms with Crippen molar-refractivity contribution in [3.05, 3.63) is 12.2 Å². The zero-order valence-corrected chi connectivity index (χ0v) is 7.87. The van der Waals surface area contributed by atoms with E-state index in [0.717, 1.165) is 45.0 Å². The van der Waals surface area contributed by atoms with Gasteiger partial charge in [0.1, 0.15) is 5.60 Å². The van der Waals surface area contributed by atoms with Crippen LogP contribution in [0.2, 0.25) is 0 Å². The quantitative estimate of drug-likeness (QED) is 0.491. The fourth-order valence-corrected chi connectivity index (χ4v) is 2.35. The number of hydrogen-bond donors (Lipinski definition) is 0. The largest absolute Gasteiger partial charge is 0.368 e. The van der Waals surface area contributed by atoms with Crippen LogP contribution in [-0.4, -0.2) is 18.5 Å². The van der Waals surface area contributed by atoms with E-state index in [4.69, 9.17) is 4.74 Å². The summed E-state index contributed by atoms with van der Waals surface area (Å²) >= 11 is 0. The lowest BCUT2D eigenvalue weighted by atomic mass is 9.88. The van der Waals surface area contributed by atoms with Crippen LogP contribution in [0.1, 0.15) is 32.1 Å². The minimum atomic E-state index is -0.420. The van der Waals surface area contributed by atoms with Crippen LogP contribution < -0.4 is 0 Å². The average molecular weight is 180 g/mol. The van der Waals surface area contributed by atoms with E-state index in [1.54, 1.807) is 0 Å². The second-order valence-electron chi connectivity index (χ2n) is 4.15. The lowest BCUT2D eigenvalue weighted by molar-refractivity contribution is -0.127. The molecule has 1 heterocycles. The SMILES string of the molecule is O=CC1(CC2CC=CC2)CCCO1. The Bertz CT molecular complexity index is 206. The molecule has 1 aliphatic heterocycles. The summed E-state index contributed by atoms with van der Waals surface area (Å²) in [6, 6.07) is 0. The van der Waals surface area contributed by atoms with Gasteiger partial charge < -0.3 is 9.53 Å². The summed E-state index contributed by atoms with van der Waals surface area (Å²) in [5, 5.41) is 0. The highest BCUT2D eigenvalue weighted by Crippen LogP contribution is 2.34. The highest BCUT2D eigenvalue weighted by molar-refractivity contribution is 5.63. The molecule has 0 saturated carbocycles. The van der Waals surface area contributed by atoms with Crippen molar-refractivity contribution >= 4 is 6.29 Å². The molecular weight excluding hydrogens is 164 g/mol. The Morgan fingerprint density at radius 3 is 2.77 bits per heavy atom. The van der Waals surface area contributed by atoms with Crippen molar-refractivity contribution in [1.82, 2.24) is 0 Å². The summed E-state index contributed by atoms with van der Waals surface area (Å²) in [7, 11) is 0. The van der Waals surface area contributed by atoms with Gasteiger partial charge in [0, 0.05) is 6.61 Å². The first kappa shape index (κ1) is 8.95. The van der Waals surface area contributed by atoms with Gasteiger partial charge in [0.2, 0.25) is 0 Å². The number of allylic oxidation sites excluding steroid dienone is 2. The Morgan fingerprint density at radius 1 is 1.46 bits per heavy atom. The molecule has 1 aliphatic carbocycles. The smallest absolute Gasteiger partial charge is 0.151 e. The van der Waals surface area contributed by atoms with Gasteiger partial charge in [0.15, 0.2) is 6.29 Å². The predicted octanol–water partition coefficient (Wildman–Crippen LogP) is 2.09. The number of carbonyl (C=O) groups excluding carboxylic acids is 1. The lowest BCUT2D eigenvalue weighted by Crippen LogP contribution is -2.32. The van der Waals surface area contributed by atoms with Gasteiger partial charge in [0.05, 0.1) is 0 Å². The fourth-order valence-electron chi connectivity index (χ4n) is 2.35. The molecule has 0 bridgehead atoms. The standard InChI is InChI=1S/C11H16O2/c12-9-11(6-3-7-13-11)8-10-4-1-2-5-10/h1-2,9-10H,3-8H2. The molecule has 0 radical (unpaired) electrons. The van der Waals surface area contributed by atoms with E-state index in [2.05, 4.69) is 12.2 Å². The molecule has 2 aliphatic rings. The van der Waals surface area contributed by atoms with E-state index >= 15 is 0 Å². The molecule has 1 saturated heterocycles. The van der Waals surface area contributed by atoms with Gasteiger partial charge in [0.25, 0.3) is 0 Å². The summed E-state index contributed by atoms with van der Waals surface area (Å²) in [4.78, 5) is 11.0.